The van der Waals surface area contributed by atoms with Crippen molar-refractivity contribution >= 4 is 0 Å². The Balaban J connectivity index is 2.15. The number of nitrogens with zero attached hydrogens (tertiary/aromatic N) is 1. The van der Waals surface area contributed by atoms with Crippen molar-refractivity contribution in [1.82, 2.24) is 4.98 Å². The molecule has 3 nitrogen and oxygen atoms in total. The number of hydrogen-bond acceptors (Lipinski definition) is 3. The number of benzene rings is 2. The monoisotopic (exact) mass is 251 g/mol. The van der Waals surface area contributed by atoms with Crippen LogP contribution in [0.5, 0.6) is 5.75 Å². The van der Waals surface area contributed by atoms with E-state index < -0.39 is 0 Å². The standard InChI is InChI=1S/C16H13NO2/c1-11-17-15(12-7-9-14(18)10-8-12)16(19-11)13-5-3-2-4-6-13/h2-10,18H,1H3. The highest BCUT2D eigenvalue weighted by molar-refractivity contribution is 5.77. The van der Waals surface area contributed by atoms with Gasteiger partial charge in [0.25, 0.3) is 0 Å². The Bertz CT molecular complexity index is 685. The molecule has 94 valence electrons. The lowest BCUT2D eigenvalue weighted by Gasteiger charge is -2.01. The summed E-state index contributed by atoms with van der Waals surface area (Å²) in [5.74, 6) is 1.62. The van der Waals surface area contributed by atoms with E-state index in [9.17, 15) is 5.11 Å². The van der Waals surface area contributed by atoms with E-state index in [1.54, 1.807) is 12.1 Å². The van der Waals surface area contributed by atoms with E-state index in [-0.39, 0.29) is 5.75 Å². The predicted octanol–water partition coefficient (Wildman–Crippen LogP) is 4.02. The Morgan fingerprint density at radius 1 is 0.895 bits per heavy atom. The van der Waals surface area contributed by atoms with Gasteiger partial charge in [0.1, 0.15) is 11.4 Å². The van der Waals surface area contributed by atoms with Crippen molar-refractivity contribution in [2.75, 3.05) is 0 Å². The fourth-order valence-corrected chi connectivity index (χ4v) is 2.03. The van der Waals surface area contributed by atoms with Gasteiger partial charge in [0, 0.05) is 18.1 Å². The lowest BCUT2D eigenvalue weighted by molar-refractivity contribution is 0.475. The maximum Gasteiger partial charge on any atom is 0.192 e. The van der Waals surface area contributed by atoms with Crippen molar-refractivity contribution in [3.63, 3.8) is 0 Å². The first kappa shape index (κ1) is 11.5. The van der Waals surface area contributed by atoms with Crippen molar-refractivity contribution < 1.29 is 9.52 Å². The molecule has 0 spiro atoms. The van der Waals surface area contributed by atoms with Crippen molar-refractivity contribution in [2.45, 2.75) is 6.92 Å². The largest absolute Gasteiger partial charge is 0.508 e. The Hall–Kier alpha value is -2.55. The summed E-state index contributed by atoms with van der Waals surface area (Å²) in [6, 6.07) is 16.8. The minimum atomic E-state index is 0.241. The molecule has 3 aromatic rings. The predicted molar refractivity (Wildman–Crippen MR) is 73.8 cm³/mol. The van der Waals surface area contributed by atoms with Crippen LogP contribution in [0.25, 0.3) is 22.6 Å². The molecule has 0 fully saturated rings. The van der Waals surface area contributed by atoms with Crippen molar-refractivity contribution in [2.24, 2.45) is 0 Å². The van der Waals surface area contributed by atoms with E-state index in [1.807, 2.05) is 49.4 Å². The molecule has 1 aromatic heterocycles. The molecule has 19 heavy (non-hydrogen) atoms. The van der Waals surface area contributed by atoms with Gasteiger partial charge in [-0.05, 0) is 24.3 Å². The molecule has 0 saturated heterocycles. The van der Waals surface area contributed by atoms with Crippen LogP contribution in [-0.2, 0) is 0 Å². The van der Waals surface area contributed by atoms with E-state index >= 15 is 0 Å². The third-order valence-corrected chi connectivity index (χ3v) is 2.91. The van der Waals surface area contributed by atoms with Gasteiger partial charge in [0.05, 0.1) is 0 Å². The quantitative estimate of drug-likeness (QED) is 0.748. The topological polar surface area (TPSA) is 46.3 Å². The molecule has 0 radical (unpaired) electrons. The number of phenolic OH excluding ortho intramolecular Hbond substituents is 1. The van der Waals surface area contributed by atoms with Crippen molar-refractivity contribution in [3.8, 4) is 28.3 Å². The molecule has 0 unspecified atom stereocenters. The Labute approximate surface area is 111 Å². The number of hydrogen-bond donors (Lipinski definition) is 1. The van der Waals surface area contributed by atoms with Crippen molar-refractivity contribution in [3.05, 3.63) is 60.5 Å². The van der Waals surface area contributed by atoms with E-state index in [4.69, 9.17) is 4.42 Å². The third-order valence-electron chi connectivity index (χ3n) is 2.91. The lowest BCUT2D eigenvalue weighted by Crippen LogP contribution is -1.82. The van der Waals surface area contributed by atoms with E-state index in [0.29, 0.717) is 5.89 Å². The molecule has 0 atom stereocenters. The summed E-state index contributed by atoms with van der Waals surface area (Å²) in [6.07, 6.45) is 0. The van der Waals surface area contributed by atoms with E-state index in [0.717, 1.165) is 22.6 Å². The molecule has 0 aliphatic rings. The number of rotatable bonds is 2. The Morgan fingerprint density at radius 2 is 1.58 bits per heavy atom. The minimum Gasteiger partial charge on any atom is -0.508 e. The molecule has 1 heterocycles. The van der Waals surface area contributed by atoms with Crippen LogP contribution in [0.2, 0.25) is 0 Å². The molecule has 0 aliphatic heterocycles. The highest BCUT2D eigenvalue weighted by Gasteiger charge is 2.14. The zero-order chi connectivity index (χ0) is 13.2. The van der Waals surface area contributed by atoms with Crippen LogP contribution < -0.4 is 0 Å². The highest BCUT2D eigenvalue weighted by Crippen LogP contribution is 2.32. The Kier molecular flexibility index (Phi) is 2.80. The van der Waals surface area contributed by atoms with Crippen LogP contribution in [0, 0.1) is 6.92 Å². The van der Waals surface area contributed by atoms with Crippen LogP contribution in [0.3, 0.4) is 0 Å². The first-order valence-corrected chi connectivity index (χ1v) is 6.06. The first-order valence-electron chi connectivity index (χ1n) is 6.06. The third kappa shape index (κ3) is 2.22. The van der Waals surface area contributed by atoms with E-state index in [2.05, 4.69) is 4.98 Å². The summed E-state index contributed by atoms with van der Waals surface area (Å²) in [7, 11) is 0. The van der Waals surface area contributed by atoms with Crippen LogP contribution >= 0.6 is 0 Å². The second kappa shape index (κ2) is 4.61. The second-order valence-corrected chi connectivity index (χ2v) is 4.32. The zero-order valence-corrected chi connectivity index (χ0v) is 10.5. The average molecular weight is 251 g/mol. The SMILES string of the molecule is Cc1nc(-c2ccc(O)cc2)c(-c2ccccc2)o1. The lowest BCUT2D eigenvalue weighted by atomic mass is 10.1. The van der Waals surface area contributed by atoms with Crippen LogP contribution in [0.15, 0.2) is 59.0 Å². The first-order chi connectivity index (χ1) is 9.24. The average Bonchev–Trinajstić information content (AvgIpc) is 2.83. The second-order valence-electron chi connectivity index (χ2n) is 4.32. The molecule has 0 bridgehead atoms. The van der Waals surface area contributed by atoms with Gasteiger partial charge in [-0.3, -0.25) is 0 Å². The molecule has 1 N–H and O–H groups in total. The molecule has 2 aromatic carbocycles. The van der Waals surface area contributed by atoms with Gasteiger partial charge < -0.3 is 9.52 Å². The van der Waals surface area contributed by atoms with Gasteiger partial charge in [0.15, 0.2) is 11.7 Å². The summed E-state index contributed by atoms with van der Waals surface area (Å²) in [6.45, 7) is 1.83. The fraction of sp³-hybridized carbons (Fsp3) is 0.0625. The summed E-state index contributed by atoms with van der Waals surface area (Å²) in [4.78, 5) is 4.44. The number of aromatic hydroxyl groups is 1. The smallest absolute Gasteiger partial charge is 0.192 e. The van der Waals surface area contributed by atoms with Crippen LogP contribution in [-0.4, -0.2) is 10.1 Å². The van der Waals surface area contributed by atoms with Gasteiger partial charge in [0.2, 0.25) is 0 Å². The van der Waals surface area contributed by atoms with Gasteiger partial charge in [-0.15, -0.1) is 0 Å². The molecule has 3 rings (SSSR count). The molecule has 3 heteroatoms. The molecule has 0 saturated carbocycles. The fourth-order valence-electron chi connectivity index (χ4n) is 2.03. The van der Waals surface area contributed by atoms with Crippen molar-refractivity contribution in [1.29, 1.82) is 0 Å². The summed E-state index contributed by atoms with van der Waals surface area (Å²) < 4.78 is 5.71. The number of oxazole rings is 1. The van der Waals surface area contributed by atoms with Gasteiger partial charge in [-0.2, -0.15) is 0 Å². The van der Waals surface area contributed by atoms with Gasteiger partial charge in [-0.25, -0.2) is 4.98 Å². The van der Waals surface area contributed by atoms with Gasteiger partial charge in [-0.1, -0.05) is 30.3 Å². The summed E-state index contributed by atoms with van der Waals surface area (Å²) in [5.41, 5.74) is 2.71. The Morgan fingerprint density at radius 3 is 2.26 bits per heavy atom. The normalized spacial score (nSPS) is 10.6. The number of phenols is 1. The zero-order valence-electron chi connectivity index (χ0n) is 10.5. The molecular weight excluding hydrogens is 238 g/mol. The van der Waals surface area contributed by atoms with Crippen LogP contribution in [0.1, 0.15) is 5.89 Å². The van der Waals surface area contributed by atoms with Gasteiger partial charge >= 0.3 is 0 Å². The molecule has 0 amide bonds. The highest BCUT2D eigenvalue weighted by atomic mass is 16.4. The molecule has 0 aliphatic carbocycles. The van der Waals surface area contributed by atoms with E-state index in [1.165, 1.54) is 0 Å². The number of aryl methyl sites for hydroxylation is 1. The summed E-state index contributed by atoms with van der Waals surface area (Å²) >= 11 is 0. The summed E-state index contributed by atoms with van der Waals surface area (Å²) in [5, 5.41) is 9.35. The van der Waals surface area contributed by atoms with Crippen LogP contribution in [0.4, 0.5) is 0 Å². The minimum absolute atomic E-state index is 0.241. The number of aromatic nitrogens is 1. The maximum atomic E-state index is 9.35. The molecular formula is C16H13NO2. The maximum absolute atomic E-state index is 9.35.